The average molecular weight is 591 g/mol. The lowest BCUT2D eigenvalue weighted by molar-refractivity contribution is -0.265. The molecule has 0 amide bonds. The molecule has 2 heterocycles. The second kappa shape index (κ2) is 9.53. The van der Waals surface area contributed by atoms with Gasteiger partial charge < -0.3 is 28.8 Å². The van der Waals surface area contributed by atoms with Crippen LogP contribution in [0.25, 0.3) is 0 Å². The molecule has 1 aliphatic heterocycles. The molecular weight excluding hydrogens is 548 g/mol. The van der Waals surface area contributed by atoms with Gasteiger partial charge in [0.25, 0.3) is 0 Å². The molecule has 8 heteroatoms. The lowest BCUT2D eigenvalue weighted by Gasteiger charge is -2.69. The van der Waals surface area contributed by atoms with E-state index in [9.17, 15) is 19.8 Å². The van der Waals surface area contributed by atoms with E-state index in [1.165, 1.54) is 6.92 Å². The number of benzene rings is 1. The Kier molecular flexibility index (Phi) is 6.38. The topological polar surface area (TPSA) is 115 Å². The molecule has 0 spiro atoms. The predicted molar refractivity (Wildman–Crippen MR) is 156 cm³/mol. The lowest BCUT2D eigenvalue weighted by Crippen LogP contribution is -2.74. The van der Waals surface area contributed by atoms with Gasteiger partial charge in [-0.1, -0.05) is 57.5 Å². The van der Waals surface area contributed by atoms with Gasteiger partial charge in [0.15, 0.2) is 0 Å². The molecule has 0 unspecified atom stereocenters. The summed E-state index contributed by atoms with van der Waals surface area (Å²) in [6.45, 7) is 10.2. The number of carbonyl (C=O) groups is 2. The van der Waals surface area contributed by atoms with Gasteiger partial charge in [-0.3, -0.25) is 4.79 Å². The third-order valence-corrected chi connectivity index (χ3v) is 12.7. The minimum atomic E-state index is -0.875. The first-order valence-electron chi connectivity index (χ1n) is 15.5. The minimum absolute atomic E-state index is 0.00393. The number of fused-ring (bicyclic) bond motifs is 4. The molecule has 2 N–H and O–H groups in total. The van der Waals surface area contributed by atoms with Crippen molar-refractivity contribution in [2.75, 3.05) is 6.61 Å². The average Bonchev–Trinajstić information content (AvgIpc) is 3.71. The van der Waals surface area contributed by atoms with Crippen molar-refractivity contribution in [2.45, 2.75) is 90.3 Å². The first-order valence-corrected chi connectivity index (χ1v) is 15.5. The Labute approximate surface area is 252 Å². The summed E-state index contributed by atoms with van der Waals surface area (Å²) in [6.07, 6.45) is 3.74. The van der Waals surface area contributed by atoms with Crippen molar-refractivity contribution in [2.24, 2.45) is 33.5 Å². The molecule has 230 valence electrons. The summed E-state index contributed by atoms with van der Waals surface area (Å²) in [5.41, 5.74) is -0.190. The number of aliphatic hydroxyl groups excluding tert-OH is 2. The van der Waals surface area contributed by atoms with Gasteiger partial charge in [-0.15, -0.1) is 0 Å². The number of esters is 2. The molecule has 8 nitrogen and oxygen atoms in total. The standard InChI is InChI=1S/C35H42O8/c1-19(36)42-26-15-24-34(4,23-12-11-22(33(23,26)3)21-13-14-40-17-21)30(38)28-29-32(2,18-41-28)25(37)16-27(35(24,29)5)43-31(39)20-9-7-6-8-10-20/h6-10,12-14,17,22,24-30,37-38H,11,15-16,18H2,1-5H3/t22-,24-,25-,26-,27+,28+,29-,30-,32+,33-,34-,35-/m0/s1. The number of carbonyl (C=O) groups excluding carboxylic acids is 2. The van der Waals surface area contributed by atoms with Gasteiger partial charge in [-0.05, 0) is 42.5 Å². The molecular formula is C35H42O8. The fraction of sp³-hybridized carbons (Fsp3) is 0.600. The van der Waals surface area contributed by atoms with E-state index < -0.39 is 58.1 Å². The first-order chi connectivity index (χ1) is 20.4. The van der Waals surface area contributed by atoms with Crippen molar-refractivity contribution in [3.05, 3.63) is 71.7 Å². The maximum Gasteiger partial charge on any atom is 0.338 e. The van der Waals surface area contributed by atoms with E-state index in [0.29, 0.717) is 25.0 Å². The Bertz CT molecular complexity index is 1450. The summed E-state index contributed by atoms with van der Waals surface area (Å²) in [5.74, 6) is -1.34. The Balaban J connectivity index is 1.38. The molecule has 4 fully saturated rings. The molecule has 1 aromatic carbocycles. The fourth-order valence-electron chi connectivity index (χ4n) is 10.7. The largest absolute Gasteiger partial charge is 0.472 e. The molecule has 3 saturated carbocycles. The molecule has 43 heavy (non-hydrogen) atoms. The van der Waals surface area contributed by atoms with E-state index in [0.717, 1.165) is 11.1 Å². The van der Waals surface area contributed by atoms with Crippen LogP contribution in [0.5, 0.6) is 0 Å². The Morgan fingerprint density at radius 3 is 2.37 bits per heavy atom. The summed E-state index contributed by atoms with van der Waals surface area (Å²) in [6, 6.07) is 10.9. The number of rotatable bonds is 4. The van der Waals surface area contributed by atoms with Crippen LogP contribution in [0, 0.1) is 33.5 Å². The molecule has 1 saturated heterocycles. The zero-order valence-corrected chi connectivity index (χ0v) is 25.5. The molecule has 2 aromatic rings. The van der Waals surface area contributed by atoms with Crippen LogP contribution < -0.4 is 0 Å². The van der Waals surface area contributed by atoms with E-state index in [-0.39, 0.29) is 30.1 Å². The van der Waals surface area contributed by atoms with Crippen LogP contribution in [0.2, 0.25) is 0 Å². The van der Waals surface area contributed by atoms with Crippen LogP contribution in [0.15, 0.2) is 65.0 Å². The number of hydrogen-bond donors (Lipinski definition) is 2. The lowest BCUT2D eigenvalue weighted by atomic mass is 9.36. The molecule has 1 aromatic heterocycles. The van der Waals surface area contributed by atoms with Crippen molar-refractivity contribution >= 4 is 11.9 Å². The van der Waals surface area contributed by atoms with E-state index in [1.54, 1.807) is 36.8 Å². The van der Waals surface area contributed by atoms with Crippen molar-refractivity contribution in [3.8, 4) is 0 Å². The van der Waals surface area contributed by atoms with Crippen molar-refractivity contribution in [1.82, 2.24) is 0 Å². The number of ether oxygens (including phenoxy) is 3. The summed E-state index contributed by atoms with van der Waals surface area (Å²) < 4.78 is 24.5. The summed E-state index contributed by atoms with van der Waals surface area (Å²) >= 11 is 0. The molecule has 5 aliphatic rings. The summed E-state index contributed by atoms with van der Waals surface area (Å²) in [5, 5.41) is 24.0. The SMILES string of the molecule is CC(=O)O[C@H]1C[C@H]2[C@](C)(C3=CC[C@@H](c4ccoc4)[C@@]31C)[C@@H](O)[C@@H]1OC[C@]3(C)[C@@H](O)C[C@@H](OC(=O)c4ccccc4)[C@@]2(C)[C@@H]13. The molecule has 4 aliphatic carbocycles. The Morgan fingerprint density at radius 1 is 0.953 bits per heavy atom. The quantitative estimate of drug-likeness (QED) is 0.376. The molecule has 0 bridgehead atoms. The smallest absolute Gasteiger partial charge is 0.338 e. The van der Waals surface area contributed by atoms with E-state index in [2.05, 4.69) is 26.8 Å². The van der Waals surface area contributed by atoms with Gasteiger partial charge in [-0.2, -0.15) is 0 Å². The second-order valence-electron chi connectivity index (χ2n) is 14.5. The maximum atomic E-state index is 13.5. The highest BCUT2D eigenvalue weighted by molar-refractivity contribution is 5.89. The Morgan fingerprint density at radius 2 is 1.70 bits per heavy atom. The monoisotopic (exact) mass is 590 g/mol. The van der Waals surface area contributed by atoms with Gasteiger partial charge in [-0.25, -0.2) is 4.79 Å². The van der Waals surface area contributed by atoms with Crippen LogP contribution in [0.4, 0.5) is 0 Å². The van der Waals surface area contributed by atoms with E-state index >= 15 is 0 Å². The van der Waals surface area contributed by atoms with Gasteiger partial charge in [0.2, 0.25) is 0 Å². The van der Waals surface area contributed by atoms with Gasteiger partial charge >= 0.3 is 11.9 Å². The minimum Gasteiger partial charge on any atom is -0.472 e. The number of hydrogen-bond acceptors (Lipinski definition) is 8. The van der Waals surface area contributed by atoms with E-state index in [1.807, 2.05) is 19.1 Å². The highest BCUT2D eigenvalue weighted by Crippen LogP contribution is 2.75. The molecule has 7 rings (SSSR count). The zero-order valence-electron chi connectivity index (χ0n) is 25.5. The van der Waals surface area contributed by atoms with Crippen molar-refractivity contribution < 1.29 is 38.4 Å². The molecule has 0 radical (unpaired) electrons. The van der Waals surface area contributed by atoms with Crippen LogP contribution >= 0.6 is 0 Å². The second-order valence-corrected chi connectivity index (χ2v) is 14.5. The number of aliphatic hydroxyl groups is 2. The van der Waals surface area contributed by atoms with Crippen LogP contribution in [-0.4, -0.2) is 59.3 Å². The maximum absolute atomic E-state index is 13.5. The normalized spacial score (nSPS) is 46.3. The third kappa shape index (κ3) is 3.66. The van der Waals surface area contributed by atoms with Crippen LogP contribution in [-0.2, 0) is 19.0 Å². The fourth-order valence-corrected chi connectivity index (χ4v) is 10.7. The van der Waals surface area contributed by atoms with Gasteiger partial charge in [0.05, 0.1) is 43.0 Å². The van der Waals surface area contributed by atoms with Crippen LogP contribution in [0.3, 0.4) is 0 Å². The molecule has 12 atom stereocenters. The summed E-state index contributed by atoms with van der Waals surface area (Å²) in [4.78, 5) is 26.2. The van der Waals surface area contributed by atoms with Gasteiger partial charge in [0.1, 0.15) is 12.2 Å². The first kappa shape index (κ1) is 28.8. The van der Waals surface area contributed by atoms with Crippen LogP contribution in [0.1, 0.15) is 75.7 Å². The highest BCUT2D eigenvalue weighted by atomic mass is 16.6. The summed E-state index contributed by atoms with van der Waals surface area (Å²) in [7, 11) is 0. The number of furan rings is 1. The van der Waals surface area contributed by atoms with E-state index in [4.69, 9.17) is 18.6 Å². The van der Waals surface area contributed by atoms with Crippen molar-refractivity contribution in [3.63, 3.8) is 0 Å². The third-order valence-electron chi connectivity index (χ3n) is 12.7. The zero-order chi connectivity index (χ0) is 30.5. The Hall–Kier alpha value is -2.94. The predicted octanol–water partition coefficient (Wildman–Crippen LogP) is 5.05. The van der Waals surface area contributed by atoms with Gasteiger partial charge in [0, 0.05) is 46.8 Å². The van der Waals surface area contributed by atoms with Crippen molar-refractivity contribution in [1.29, 1.82) is 0 Å². The highest BCUT2D eigenvalue weighted by Gasteiger charge is 2.78. The number of allylic oxidation sites excluding steroid dienone is 1.